The van der Waals surface area contributed by atoms with Crippen molar-refractivity contribution in [3.63, 3.8) is 0 Å². The van der Waals surface area contributed by atoms with E-state index < -0.39 is 0 Å². The molecule has 3 rings (SSSR count). The summed E-state index contributed by atoms with van der Waals surface area (Å²) in [6.07, 6.45) is 7.54. The van der Waals surface area contributed by atoms with Crippen LogP contribution in [0.15, 0.2) is 0 Å². The molecule has 2 heterocycles. The lowest BCUT2D eigenvalue weighted by Gasteiger charge is -2.52. The molecule has 0 aromatic heterocycles. The Kier molecular flexibility index (Phi) is 5.96. The van der Waals surface area contributed by atoms with Gasteiger partial charge in [-0.05, 0) is 76.2 Å². The highest BCUT2D eigenvalue weighted by Gasteiger charge is 2.45. The molecule has 1 aliphatic carbocycles. The van der Waals surface area contributed by atoms with Crippen molar-refractivity contribution < 1.29 is 0 Å². The second kappa shape index (κ2) is 7.96. The van der Waals surface area contributed by atoms with Crippen LogP contribution in [0.4, 0.5) is 0 Å². The van der Waals surface area contributed by atoms with Crippen molar-refractivity contribution in [2.24, 2.45) is 11.3 Å². The molecular weight excluding hydrogens is 284 g/mol. The van der Waals surface area contributed by atoms with E-state index in [1.165, 1.54) is 91.0 Å². The van der Waals surface area contributed by atoms with Gasteiger partial charge in [0.1, 0.15) is 0 Å². The van der Waals surface area contributed by atoms with Gasteiger partial charge in [0, 0.05) is 32.6 Å². The maximum Gasteiger partial charge on any atom is 0.0624 e. The number of piperazine rings is 1. The fourth-order valence-electron chi connectivity index (χ4n) is 4.94. The van der Waals surface area contributed by atoms with Crippen molar-refractivity contribution in [3.8, 4) is 6.07 Å². The van der Waals surface area contributed by atoms with Crippen molar-refractivity contribution in [3.05, 3.63) is 0 Å². The number of hydrogen-bond acceptors (Lipinski definition) is 4. The minimum absolute atomic E-state index is 0.633. The summed E-state index contributed by atoms with van der Waals surface area (Å²) in [6.45, 7) is 13.7. The summed E-state index contributed by atoms with van der Waals surface area (Å²) in [6, 6.07) is 2.35. The third-order valence-corrected chi connectivity index (χ3v) is 6.60. The highest BCUT2D eigenvalue weighted by molar-refractivity contribution is 4.99. The average Bonchev–Trinajstić information content (AvgIpc) is 2.56. The van der Waals surface area contributed by atoms with Gasteiger partial charge in [0.05, 0.1) is 6.07 Å². The van der Waals surface area contributed by atoms with Gasteiger partial charge in [-0.1, -0.05) is 6.92 Å². The van der Waals surface area contributed by atoms with E-state index in [0.717, 1.165) is 6.42 Å². The van der Waals surface area contributed by atoms with Gasteiger partial charge < -0.3 is 14.7 Å². The molecule has 0 aromatic carbocycles. The molecule has 23 heavy (non-hydrogen) atoms. The molecule has 2 saturated heterocycles. The predicted molar refractivity (Wildman–Crippen MR) is 94.2 cm³/mol. The van der Waals surface area contributed by atoms with Crippen LogP contribution in [0.5, 0.6) is 0 Å². The van der Waals surface area contributed by atoms with Crippen molar-refractivity contribution in [2.75, 3.05) is 58.9 Å². The Morgan fingerprint density at radius 3 is 2.04 bits per heavy atom. The van der Waals surface area contributed by atoms with E-state index in [9.17, 15) is 0 Å². The second-order valence-corrected chi connectivity index (χ2v) is 8.11. The van der Waals surface area contributed by atoms with Gasteiger partial charge in [-0.15, -0.1) is 0 Å². The predicted octanol–water partition coefficient (Wildman–Crippen LogP) is 2.42. The molecule has 0 N–H and O–H groups in total. The molecular formula is C19H34N4. The lowest BCUT2D eigenvalue weighted by Crippen LogP contribution is -2.48. The minimum atomic E-state index is 0.633. The fourth-order valence-corrected chi connectivity index (χ4v) is 4.94. The smallest absolute Gasteiger partial charge is 0.0624 e. The van der Waals surface area contributed by atoms with Crippen LogP contribution in [0.1, 0.15) is 45.4 Å². The Morgan fingerprint density at radius 2 is 1.48 bits per heavy atom. The largest absolute Gasteiger partial charge is 0.303 e. The van der Waals surface area contributed by atoms with Crippen molar-refractivity contribution in [2.45, 2.75) is 45.4 Å². The molecule has 4 heteroatoms. The zero-order valence-electron chi connectivity index (χ0n) is 15.0. The van der Waals surface area contributed by atoms with Gasteiger partial charge in [0.2, 0.25) is 0 Å². The summed E-state index contributed by atoms with van der Waals surface area (Å²) in [5.74, 6) is 0.716. The van der Waals surface area contributed by atoms with E-state index in [0.29, 0.717) is 11.3 Å². The Bertz CT molecular complexity index is 392. The first-order valence-electron chi connectivity index (χ1n) is 9.77. The molecule has 0 unspecified atom stereocenters. The summed E-state index contributed by atoms with van der Waals surface area (Å²) in [5, 5.41) is 8.80. The summed E-state index contributed by atoms with van der Waals surface area (Å²) >= 11 is 0. The fraction of sp³-hybridized carbons (Fsp3) is 0.947. The first-order chi connectivity index (χ1) is 11.2. The Morgan fingerprint density at radius 1 is 0.913 bits per heavy atom. The normalized spacial score (nSPS) is 27.0. The van der Waals surface area contributed by atoms with Crippen molar-refractivity contribution >= 4 is 0 Å². The SMILES string of the molecule is CCN1CCN(CCCN2CCC3(CC2)CC(CC#N)C3)CC1. The number of likely N-dealkylation sites (tertiary alicyclic amines) is 1. The van der Waals surface area contributed by atoms with Gasteiger partial charge in [0.15, 0.2) is 0 Å². The van der Waals surface area contributed by atoms with Crippen LogP contribution in [0.2, 0.25) is 0 Å². The topological polar surface area (TPSA) is 33.5 Å². The number of likely N-dealkylation sites (N-methyl/N-ethyl adjacent to an activating group) is 1. The molecule has 2 aliphatic heterocycles. The van der Waals surface area contributed by atoms with Crippen molar-refractivity contribution in [1.82, 2.24) is 14.7 Å². The average molecular weight is 319 g/mol. The number of nitrogens with zero attached hydrogens (tertiary/aromatic N) is 4. The van der Waals surface area contributed by atoms with Gasteiger partial charge >= 0.3 is 0 Å². The van der Waals surface area contributed by atoms with Gasteiger partial charge in [-0.3, -0.25) is 0 Å². The maximum absolute atomic E-state index is 8.80. The first kappa shape index (κ1) is 17.2. The monoisotopic (exact) mass is 318 g/mol. The molecule has 1 spiro atoms. The molecule has 1 saturated carbocycles. The molecule has 0 aromatic rings. The Hall–Kier alpha value is -0.630. The minimum Gasteiger partial charge on any atom is -0.303 e. The van der Waals surface area contributed by atoms with Crippen LogP contribution < -0.4 is 0 Å². The van der Waals surface area contributed by atoms with E-state index >= 15 is 0 Å². The molecule has 3 fully saturated rings. The first-order valence-corrected chi connectivity index (χ1v) is 9.77. The molecule has 0 bridgehead atoms. The Labute approximate surface area is 142 Å². The van der Waals surface area contributed by atoms with Crippen LogP contribution in [0.3, 0.4) is 0 Å². The van der Waals surface area contributed by atoms with E-state index in [-0.39, 0.29) is 0 Å². The van der Waals surface area contributed by atoms with E-state index in [1.54, 1.807) is 0 Å². The molecule has 0 amide bonds. The third kappa shape index (κ3) is 4.47. The van der Waals surface area contributed by atoms with Crippen LogP contribution in [-0.4, -0.2) is 73.6 Å². The highest BCUT2D eigenvalue weighted by Crippen LogP contribution is 2.53. The van der Waals surface area contributed by atoms with E-state index in [4.69, 9.17) is 5.26 Å². The maximum atomic E-state index is 8.80. The Balaban J connectivity index is 1.26. The highest BCUT2D eigenvalue weighted by atomic mass is 15.3. The lowest BCUT2D eigenvalue weighted by atomic mass is 9.57. The quantitative estimate of drug-likeness (QED) is 0.753. The van der Waals surface area contributed by atoms with Gasteiger partial charge in [0.25, 0.3) is 0 Å². The van der Waals surface area contributed by atoms with Crippen LogP contribution in [0.25, 0.3) is 0 Å². The van der Waals surface area contributed by atoms with Gasteiger partial charge in [-0.2, -0.15) is 5.26 Å². The van der Waals surface area contributed by atoms with Crippen molar-refractivity contribution in [1.29, 1.82) is 5.26 Å². The molecule has 0 atom stereocenters. The van der Waals surface area contributed by atoms with E-state index in [2.05, 4.69) is 27.7 Å². The number of nitriles is 1. The van der Waals surface area contributed by atoms with E-state index in [1.807, 2.05) is 0 Å². The zero-order chi connectivity index (χ0) is 16.1. The molecule has 0 radical (unpaired) electrons. The lowest BCUT2D eigenvalue weighted by molar-refractivity contribution is -0.0120. The summed E-state index contributed by atoms with van der Waals surface area (Å²) in [5.41, 5.74) is 0.633. The number of hydrogen-bond donors (Lipinski definition) is 0. The number of piperidine rings is 1. The molecule has 130 valence electrons. The summed E-state index contributed by atoms with van der Waals surface area (Å²) < 4.78 is 0. The summed E-state index contributed by atoms with van der Waals surface area (Å²) in [7, 11) is 0. The zero-order valence-corrected chi connectivity index (χ0v) is 15.0. The van der Waals surface area contributed by atoms with Crippen LogP contribution in [0, 0.1) is 22.7 Å². The third-order valence-electron chi connectivity index (χ3n) is 6.60. The second-order valence-electron chi connectivity index (χ2n) is 8.11. The summed E-state index contributed by atoms with van der Waals surface area (Å²) in [4.78, 5) is 7.89. The van der Waals surface area contributed by atoms with Gasteiger partial charge in [-0.25, -0.2) is 0 Å². The standard InChI is InChI=1S/C19H34N4/c1-2-21-12-14-23(15-13-21)9-3-8-22-10-5-19(6-11-22)16-18(17-19)4-7-20/h18H,2-6,8-17H2,1H3. The number of rotatable bonds is 6. The molecule has 4 nitrogen and oxygen atoms in total. The molecule has 3 aliphatic rings. The van der Waals surface area contributed by atoms with Crippen LogP contribution in [-0.2, 0) is 0 Å². The van der Waals surface area contributed by atoms with Crippen LogP contribution >= 0.6 is 0 Å².